The zero-order valence-electron chi connectivity index (χ0n) is 18.6. The highest BCUT2D eigenvalue weighted by Gasteiger charge is 2.30. The quantitative estimate of drug-likeness (QED) is 0.255. The van der Waals surface area contributed by atoms with Crippen LogP contribution < -0.4 is 5.32 Å². The molecule has 2 fully saturated rings. The summed E-state index contributed by atoms with van der Waals surface area (Å²) in [7, 11) is 0. The van der Waals surface area contributed by atoms with Gasteiger partial charge in [0.1, 0.15) is 12.1 Å². The van der Waals surface area contributed by atoms with Gasteiger partial charge in [-0.3, -0.25) is 14.5 Å². The molecule has 0 bridgehead atoms. The van der Waals surface area contributed by atoms with Crippen molar-refractivity contribution in [3.05, 3.63) is 0 Å². The number of ether oxygens (including phenoxy) is 1. The van der Waals surface area contributed by atoms with E-state index in [0.717, 1.165) is 64.6 Å². The lowest BCUT2D eigenvalue weighted by molar-refractivity contribution is -0.152. The third-order valence-electron chi connectivity index (χ3n) is 5.05. The molecule has 0 aromatic heterocycles. The molecule has 0 aromatic rings. The number of rotatable bonds is 5. The fraction of sp³-hybridized carbons (Fsp3) is 0.850. The highest BCUT2D eigenvalue weighted by atomic mass is 127. The largest absolute Gasteiger partial charge is 0.459 e. The Labute approximate surface area is 192 Å². The molecule has 0 aliphatic carbocycles. The summed E-state index contributed by atoms with van der Waals surface area (Å²) in [6, 6.07) is -0.0819. The van der Waals surface area contributed by atoms with Crippen LogP contribution in [0.3, 0.4) is 0 Å². The van der Waals surface area contributed by atoms with Crippen molar-refractivity contribution in [3.8, 4) is 0 Å². The predicted octanol–water partition coefficient (Wildman–Crippen LogP) is 1.54. The number of hydrogen-bond donors (Lipinski definition) is 1. The van der Waals surface area contributed by atoms with Crippen LogP contribution in [0.1, 0.15) is 47.5 Å². The highest BCUT2D eigenvalue weighted by molar-refractivity contribution is 14.0. The minimum Gasteiger partial charge on any atom is -0.459 e. The van der Waals surface area contributed by atoms with E-state index in [-0.39, 0.29) is 48.4 Å². The number of likely N-dealkylation sites (tertiary alicyclic amines) is 1. The van der Waals surface area contributed by atoms with Crippen molar-refractivity contribution in [3.63, 3.8) is 0 Å². The van der Waals surface area contributed by atoms with E-state index < -0.39 is 5.60 Å². The highest BCUT2D eigenvalue weighted by Crippen LogP contribution is 2.14. The average Bonchev–Trinajstić information content (AvgIpc) is 3.17. The normalized spacial score (nSPS) is 19.6. The molecule has 1 atom stereocenters. The van der Waals surface area contributed by atoms with Crippen molar-refractivity contribution in [1.29, 1.82) is 0 Å². The summed E-state index contributed by atoms with van der Waals surface area (Å²) in [6.45, 7) is 15.3. The predicted molar refractivity (Wildman–Crippen MR) is 126 cm³/mol. The molecule has 2 saturated heterocycles. The first-order chi connectivity index (χ1) is 13.2. The number of piperazine rings is 1. The standard InChI is InChI=1S/C20H37N5O3.HI/c1-6-21-19(22-15-17(26)28-20(3,4)5)25-13-11-23(12-14-25)16(2)18(27)24-9-7-8-10-24;/h16H,6-15H2,1-5H3,(H,21,22);1H. The maximum Gasteiger partial charge on any atom is 0.328 e. The van der Waals surface area contributed by atoms with Gasteiger partial charge < -0.3 is 19.9 Å². The van der Waals surface area contributed by atoms with Gasteiger partial charge in [-0.25, -0.2) is 4.99 Å². The first-order valence-corrected chi connectivity index (χ1v) is 10.5. The van der Waals surface area contributed by atoms with E-state index in [1.165, 1.54) is 0 Å². The Balaban J connectivity index is 0.00000420. The van der Waals surface area contributed by atoms with Crippen LogP contribution in [0.5, 0.6) is 0 Å². The molecule has 168 valence electrons. The summed E-state index contributed by atoms with van der Waals surface area (Å²) in [5.74, 6) is 0.648. The van der Waals surface area contributed by atoms with Crippen LogP contribution in [0.25, 0.3) is 0 Å². The number of amides is 1. The van der Waals surface area contributed by atoms with Gasteiger partial charge in [0.15, 0.2) is 5.96 Å². The summed E-state index contributed by atoms with van der Waals surface area (Å²) in [4.78, 5) is 35.4. The van der Waals surface area contributed by atoms with Crippen LogP contribution in [-0.2, 0) is 14.3 Å². The number of hydrogen-bond acceptors (Lipinski definition) is 5. The van der Waals surface area contributed by atoms with Crippen molar-refractivity contribution >= 4 is 41.8 Å². The first-order valence-electron chi connectivity index (χ1n) is 10.5. The number of guanidine groups is 1. The van der Waals surface area contributed by atoms with Gasteiger partial charge in [-0.05, 0) is 47.5 Å². The molecule has 1 N–H and O–H groups in total. The van der Waals surface area contributed by atoms with Crippen LogP contribution >= 0.6 is 24.0 Å². The first kappa shape index (κ1) is 25.9. The molecule has 2 rings (SSSR count). The fourth-order valence-corrected chi connectivity index (χ4v) is 3.62. The number of nitrogens with zero attached hydrogens (tertiary/aromatic N) is 4. The van der Waals surface area contributed by atoms with Crippen molar-refractivity contribution in [2.45, 2.75) is 59.1 Å². The molecule has 29 heavy (non-hydrogen) atoms. The fourth-order valence-electron chi connectivity index (χ4n) is 3.62. The van der Waals surface area contributed by atoms with Crippen molar-refractivity contribution in [1.82, 2.24) is 20.0 Å². The molecule has 0 aromatic carbocycles. The van der Waals surface area contributed by atoms with Gasteiger partial charge in [-0.2, -0.15) is 0 Å². The van der Waals surface area contributed by atoms with Gasteiger partial charge in [0, 0.05) is 45.8 Å². The van der Waals surface area contributed by atoms with Crippen molar-refractivity contribution in [2.75, 3.05) is 52.4 Å². The van der Waals surface area contributed by atoms with Gasteiger partial charge in [0.05, 0.1) is 6.04 Å². The Morgan fingerprint density at radius 3 is 2.14 bits per heavy atom. The average molecular weight is 523 g/mol. The van der Waals surface area contributed by atoms with Crippen LogP contribution in [0.4, 0.5) is 0 Å². The summed E-state index contributed by atoms with van der Waals surface area (Å²) in [5.41, 5.74) is -0.505. The van der Waals surface area contributed by atoms with Gasteiger partial charge >= 0.3 is 5.97 Å². The molecule has 0 saturated carbocycles. The Kier molecular flexibility index (Phi) is 10.7. The molecular weight excluding hydrogens is 485 g/mol. The molecule has 0 radical (unpaired) electrons. The molecule has 8 nitrogen and oxygen atoms in total. The topological polar surface area (TPSA) is 77.5 Å². The molecule has 0 spiro atoms. The SMILES string of the molecule is CCNC(=NCC(=O)OC(C)(C)C)N1CCN(C(C)C(=O)N2CCCC2)CC1.I. The zero-order chi connectivity index (χ0) is 20.7. The van der Waals surface area contributed by atoms with Gasteiger partial charge in [-0.15, -0.1) is 24.0 Å². The van der Waals surface area contributed by atoms with E-state index in [0.29, 0.717) is 0 Å². The van der Waals surface area contributed by atoms with Crippen LogP contribution in [-0.4, -0.2) is 96.5 Å². The Bertz CT molecular complexity index is 565. The second-order valence-corrected chi connectivity index (χ2v) is 8.49. The Morgan fingerprint density at radius 1 is 1.03 bits per heavy atom. The number of carbonyl (C=O) groups is 2. The Hall–Kier alpha value is -1.10. The summed E-state index contributed by atoms with van der Waals surface area (Å²) < 4.78 is 5.33. The molecule has 9 heteroatoms. The van der Waals surface area contributed by atoms with Gasteiger partial charge in [0.25, 0.3) is 0 Å². The molecular formula is C20H38IN5O3. The molecule has 1 amide bonds. The van der Waals surface area contributed by atoms with Gasteiger partial charge in [-0.1, -0.05) is 0 Å². The van der Waals surface area contributed by atoms with E-state index in [1.54, 1.807) is 0 Å². The smallest absolute Gasteiger partial charge is 0.328 e. The summed E-state index contributed by atoms with van der Waals surface area (Å²) >= 11 is 0. The molecule has 2 aliphatic heterocycles. The minimum absolute atomic E-state index is 0. The number of esters is 1. The molecule has 2 heterocycles. The van der Waals surface area contributed by atoms with E-state index in [4.69, 9.17) is 4.74 Å². The van der Waals surface area contributed by atoms with E-state index >= 15 is 0 Å². The van der Waals surface area contributed by atoms with E-state index in [9.17, 15) is 9.59 Å². The number of aliphatic imine (C=N–C) groups is 1. The third kappa shape index (κ3) is 8.27. The number of carbonyl (C=O) groups excluding carboxylic acids is 2. The Morgan fingerprint density at radius 2 is 1.62 bits per heavy atom. The lowest BCUT2D eigenvalue weighted by Gasteiger charge is -2.39. The summed E-state index contributed by atoms with van der Waals surface area (Å²) in [5, 5.41) is 3.26. The van der Waals surface area contributed by atoms with Crippen LogP contribution in [0.2, 0.25) is 0 Å². The maximum absolute atomic E-state index is 12.6. The van der Waals surface area contributed by atoms with Crippen molar-refractivity contribution < 1.29 is 14.3 Å². The molecule has 1 unspecified atom stereocenters. The second-order valence-electron chi connectivity index (χ2n) is 8.49. The van der Waals surface area contributed by atoms with Crippen molar-refractivity contribution in [2.24, 2.45) is 4.99 Å². The van der Waals surface area contributed by atoms with Crippen LogP contribution in [0, 0.1) is 0 Å². The van der Waals surface area contributed by atoms with Gasteiger partial charge in [0.2, 0.25) is 5.91 Å². The number of nitrogens with one attached hydrogen (secondary N) is 1. The van der Waals surface area contributed by atoms with E-state index in [1.807, 2.05) is 39.5 Å². The second kappa shape index (κ2) is 11.9. The third-order valence-corrected chi connectivity index (χ3v) is 5.05. The maximum atomic E-state index is 12.6. The van der Waals surface area contributed by atoms with Crippen LogP contribution in [0.15, 0.2) is 4.99 Å². The monoisotopic (exact) mass is 523 g/mol. The lowest BCUT2D eigenvalue weighted by atomic mass is 10.2. The summed E-state index contributed by atoms with van der Waals surface area (Å²) in [6.07, 6.45) is 2.23. The number of halogens is 1. The van der Waals surface area contributed by atoms with E-state index in [2.05, 4.69) is 20.1 Å². The lowest BCUT2D eigenvalue weighted by Crippen LogP contribution is -2.57. The molecule has 2 aliphatic rings. The minimum atomic E-state index is -0.505. The zero-order valence-corrected chi connectivity index (χ0v) is 20.9.